The molecule has 3 N–H and O–H groups in total. The summed E-state index contributed by atoms with van der Waals surface area (Å²) >= 11 is 1.43. The Bertz CT molecular complexity index is 428. The van der Waals surface area contributed by atoms with Crippen LogP contribution in [0, 0.1) is 5.92 Å². The Balaban J connectivity index is 2.71. The van der Waals surface area contributed by atoms with Gasteiger partial charge in [0.1, 0.15) is 4.88 Å². The molecular formula is C14H25N3OS. The summed E-state index contributed by atoms with van der Waals surface area (Å²) in [6.45, 7) is 6.62. The molecule has 1 rings (SSSR count). The first kappa shape index (κ1) is 15.8. The molecule has 1 heterocycles. The minimum absolute atomic E-state index is 0.0369. The predicted molar refractivity (Wildman–Crippen MR) is 83.9 cm³/mol. The number of nitrogens with zero attached hydrogens (tertiary/aromatic N) is 1. The van der Waals surface area contributed by atoms with Crippen molar-refractivity contribution in [2.75, 3.05) is 25.1 Å². The third kappa shape index (κ3) is 4.42. The van der Waals surface area contributed by atoms with Gasteiger partial charge in [0.15, 0.2) is 0 Å². The van der Waals surface area contributed by atoms with E-state index in [0.29, 0.717) is 22.5 Å². The minimum atomic E-state index is -0.0369. The van der Waals surface area contributed by atoms with Gasteiger partial charge in [0.05, 0.1) is 10.7 Å². The average molecular weight is 283 g/mol. The number of carbonyl (C=O) groups is 1. The van der Waals surface area contributed by atoms with Crippen molar-refractivity contribution in [3.63, 3.8) is 0 Å². The topological polar surface area (TPSA) is 58.4 Å². The van der Waals surface area contributed by atoms with E-state index in [4.69, 9.17) is 5.73 Å². The smallest absolute Gasteiger partial charge is 0.265 e. The number of rotatable bonds is 6. The van der Waals surface area contributed by atoms with Crippen LogP contribution >= 0.6 is 11.3 Å². The number of hydrogen-bond acceptors (Lipinski definition) is 4. The Labute approximate surface area is 120 Å². The third-order valence-electron chi connectivity index (χ3n) is 3.20. The van der Waals surface area contributed by atoms with E-state index in [1.165, 1.54) is 17.8 Å². The Morgan fingerprint density at radius 2 is 2.11 bits per heavy atom. The van der Waals surface area contributed by atoms with Gasteiger partial charge in [-0.3, -0.25) is 4.79 Å². The van der Waals surface area contributed by atoms with Crippen LogP contribution in [0.15, 0.2) is 6.07 Å². The van der Waals surface area contributed by atoms with Gasteiger partial charge in [-0.25, -0.2) is 0 Å². The predicted octanol–water partition coefficient (Wildman–Crippen LogP) is 3.27. The molecule has 108 valence electrons. The van der Waals surface area contributed by atoms with Crippen LogP contribution in [0.2, 0.25) is 0 Å². The van der Waals surface area contributed by atoms with Crippen LogP contribution in [0.4, 0.5) is 10.7 Å². The fraction of sp³-hybridized carbons (Fsp3) is 0.643. The molecule has 2 unspecified atom stereocenters. The lowest BCUT2D eigenvalue weighted by Crippen LogP contribution is -2.21. The van der Waals surface area contributed by atoms with Crippen LogP contribution in [0.3, 0.4) is 0 Å². The van der Waals surface area contributed by atoms with E-state index in [9.17, 15) is 4.79 Å². The highest BCUT2D eigenvalue weighted by molar-refractivity contribution is 7.18. The zero-order valence-electron chi connectivity index (χ0n) is 12.5. The molecule has 1 amide bonds. The number of thiophene rings is 1. The van der Waals surface area contributed by atoms with Crippen LogP contribution in [0.1, 0.15) is 43.3 Å². The third-order valence-corrected chi connectivity index (χ3v) is 4.27. The maximum atomic E-state index is 11.9. The lowest BCUT2D eigenvalue weighted by molar-refractivity contribution is 0.0833. The summed E-state index contributed by atoms with van der Waals surface area (Å²) in [5.41, 5.74) is 6.46. The van der Waals surface area contributed by atoms with Crippen LogP contribution in [-0.4, -0.2) is 30.9 Å². The maximum Gasteiger partial charge on any atom is 0.265 e. The summed E-state index contributed by atoms with van der Waals surface area (Å²) in [6, 6.07) is 2.24. The van der Waals surface area contributed by atoms with Gasteiger partial charge in [0, 0.05) is 20.1 Å². The minimum Gasteiger partial charge on any atom is -0.397 e. The number of hydrogen-bond donors (Lipinski definition) is 2. The van der Waals surface area contributed by atoms with E-state index in [0.717, 1.165) is 11.4 Å². The van der Waals surface area contributed by atoms with Crippen LogP contribution in [0.5, 0.6) is 0 Å². The fourth-order valence-electron chi connectivity index (χ4n) is 1.92. The molecule has 1 aromatic rings. The second kappa shape index (κ2) is 6.80. The molecule has 0 radical (unpaired) electrons. The monoisotopic (exact) mass is 283 g/mol. The van der Waals surface area contributed by atoms with Gasteiger partial charge < -0.3 is 16.0 Å². The molecule has 1 aromatic heterocycles. The Hall–Kier alpha value is -1.23. The highest BCUT2D eigenvalue weighted by Gasteiger charge is 2.17. The first-order valence-electron chi connectivity index (χ1n) is 6.72. The number of anilines is 2. The van der Waals surface area contributed by atoms with Crippen molar-refractivity contribution >= 4 is 27.9 Å². The van der Waals surface area contributed by atoms with Gasteiger partial charge in [-0.15, -0.1) is 11.3 Å². The molecule has 19 heavy (non-hydrogen) atoms. The van der Waals surface area contributed by atoms with E-state index in [1.807, 2.05) is 6.07 Å². The van der Waals surface area contributed by atoms with Crippen molar-refractivity contribution in [1.82, 2.24) is 4.90 Å². The van der Waals surface area contributed by atoms with Crippen LogP contribution in [-0.2, 0) is 0 Å². The summed E-state index contributed by atoms with van der Waals surface area (Å²) in [5, 5.41) is 4.40. The average Bonchev–Trinajstić information content (AvgIpc) is 2.68. The number of carbonyl (C=O) groups excluding carboxylic acids is 1. The molecule has 0 spiro atoms. The van der Waals surface area contributed by atoms with Gasteiger partial charge in [-0.2, -0.15) is 0 Å². The first-order valence-corrected chi connectivity index (χ1v) is 7.54. The van der Waals surface area contributed by atoms with Crippen molar-refractivity contribution < 1.29 is 4.79 Å². The van der Waals surface area contributed by atoms with Gasteiger partial charge in [-0.05, 0) is 25.3 Å². The molecule has 0 saturated heterocycles. The molecule has 5 heteroatoms. The summed E-state index contributed by atoms with van der Waals surface area (Å²) in [7, 11) is 3.47. The van der Waals surface area contributed by atoms with Gasteiger partial charge in [0.25, 0.3) is 5.91 Å². The number of nitrogens with one attached hydrogen (secondary N) is 1. The van der Waals surface area contributed by atoms with Gasteiger partial charge >= 0.3 is 0 Å². The second-order valence-corrected chi connectivity index (χ2v) is 6.44. The number of nitrogens with two attached hydrogens (primary N) is 1. The summed E-state index contributed by atoms with van der Waals surface area (Å²) < 4.78 is 0. The van der Waals surface area contributed by atoms with Crippen LogP contribution in [0.25, 0.3) is 0 Å². The molecule has 0 saturated carbocycles. The van der Waals surface area contributed by atoms with Crippen molar-refractivity contribution in [3.8, 4) is 0 Å². The van der Waals surface area contributed by atoms with Crippen molar-refractivity contribution in [3.05, 3.63) is 10.9 Å². The van der Waals surface area contributed by atoms with Crippen molar-refractivity contribution in [2.24, 2.45) is 5.92 Å². The van der Waals surface area contributed by atoms with E-state index >= 15 is 0 Å². The molecule has 4 nitrogen and oxygen atoms in total. The van der Waals surface area contributed by atoms with Crippen molar-refractivity contribution in [2.45, 2.75) is 39.7 Å². The molecule has 2 atom stereocenters. The Kier molecular flexibility index (Phi) is 5.66. The molecule has 0 aromatic carbocycles. The lowest BCUT2D eigenvalue weighted by Gasteiger charge is -2.17. The van der Waals surface area contributed by atoms with Gasteiger partial charge in [0.2, 0.25) is 0 Å². The highest BCUT2D eigenvalue weighted by Crippen LogP contribution is 2.31. The van der Waals surface area contributed by atoms with Gasteiger partial charge in [-0.1, -0.05) is 20.3 Å². The molecule has 0 fully saturated rings. The lowest BCUT2D eigenvalue weighted by atomic mass is 10.0. The van der Waals surface area contributed by atoms with E-state index in [1.54, 1.807) is 19.0 Å². The van der Waals surface area contributed by atoms with Crippen molar-refractivity contribution in [1.29, 1.82) is 0 Å². The summed E-state index contributed by atoms with van der Waals surface area (Å²) in [6.07, 6.45) is 2.30. The molecular weight excluding hydrogens is 258 g/mol. The maximum absolute atomic E-state index is 11.9. The zero-order valence-corrected chi connectivity index (χ0v) is 13.3. The molecule has 0 bridgehead atoms. The normalized spacial score (nSPS) is 13.9. The fourth-order valence-corrected chi connectivity index (χ4v) is 3.03. The highest BCUT2D eigenvalue weighted by atomic mass is 32.1. The number of nitrogen functional groups attached to an aromatic ring is 1. The second-order valence-electron chi connectivity index (χ2n) is 5.39. The summed E-state index contributed by atoms with van der Waals surface area (Å²) in [5.74, 6) is 0.660. The molecule has 0 aliphatic heterocycles. The SMILES string of the molecule is CCC(C)CC(C)Nc1cc(N)c(C(=O)N(C)C)s1. The van der Waals surface area contributed by atoms with E-state index < -0.39 is 0 Å². The van der Waals surface area contributed by atoms with E-state index in [2.05, 4.69) is 26.1 Å². The first-order chi connectivity index (χ1) is 8.85. The largest absolute Gasteiger partial charge is 0.397 e. The summed E-state index contributed by atoms with van der Waals surface area (Å²) in [4.78, 5) is 14.1. The molecule has 0 aliphatic rings. The van der Waals surface area contributed by atoms with E-state index in [-0.39, 0.29) is 5.91 Å². The van der Waals surface area contributed by atoms with Crippen LogP contribution < -0.4 is 11.1 Å². The standard InChI is InChI=1S/C14H25N3OS/c1-6-9(2)7-10(3)16-12-8-11(15)13(19-12)14(18)17(4)5/h8-10,16H,6-7,15H2,1-5H3. The quantitative estimate of drug-likeness (QED) is 0.842. The molecule has 0 aliphatic carbocycles. The Morgan fingerprint density at radius 1 is 1.47 bits per heavy atom. The Morgan fingerprint density at radius 3 is 2.63 bits per heavy atom. The number of amides is 1. The zero-order chi connectivity index (χ0) is 14.6.